The predicted octanol–water partition coefficient (Wildman–Crippen LogP) is 5.42. The number of anilines is 1. The van der Waals surface area contributed by atoms with Gasteiger partial charge in [0.15, 0.2) is 0 Å². The molecule has 1 amide bonds. The SMILES string of the molecule is Cc1ccc(-c2cc(C(=O)Nc3ccccc3I)c(C)o2)cc1. The molecule has 1 N–H and O–H groups in total. The van der Waals surface area contributed by atoms with E-state index in [9.17, 15) is 4.79 Å². The largest absolute Gasteiger partial charge is 0.461 e. The molecule has 3 nitrogen and oxygen atoms in total. The van der Waals surface area contributed by atoms with E-state index in [4.69, 9.17) is 4.42 Å². The lowest BCUT2D eigenvalue weighted by Gasteiger charge is -2.05. The first-order chi connectivity index (χ1) is 11.0. The van der Waals surface area contributed by atoms with E-state index in [0.717, 1.165) is 14.8 Å². The Morgan fingerprint density at radius 2 is 1.74 bits per heavy atom. The van der Waals surface area contributed by atoms with Crippen molar-refractivity contribution in [2.24, 2.45) is 0 Å². The number of furan rings is 1. The molecule has 3 rings (SSSR count). The average Bonchev–Trinajstić information content (AvgIpc) is 2.92. The summed E-state index contributed by atoms with van der Waals surface area (Å²) in [5.41, 5.74) is 3.51. The first kappa shape index (κ1) is 15.8. The molecular weight excluding hydrogens is 401 g/mol. The molecular formula is C19H16INO2. The van der Waals surface area contributed by atoms with Crippen molar-refractivity contribution in [2.45, 2.75) is 13.8 Å². The zero-order valence-corrected chi connectivity index (χ0v) is 15.0. The van der Waals surface area contributed by atoms with Gasteiger partial charge in [0.25, 0.3) is 5.91 Å². The number of carbonyl (C=O) groups excluding carboxylic acids is 1. The molecule has 0 radical (unpaired) electrons. The molecule has 0 aliphatic heterocycles. The number of benzene rings is 2. The molecule has 0 saturated heterocycles. The molecule has 1 heterocycles. The van der Waals surface area contributed by atoms with Gasteiger partial charge in [-0.15, -0.1) is 0 Å². The van der Waals surface area contributed by atoms with Gasteiger partial charge in [-0.2, -0.15) is 0 Å². The Balaban J connectivity index is 1.87. The normalized spacial score (nSPS) is 10.6. The summed E-state index contributed by atoms with van der Waals surface area (Å²) in [4.78, 5) is 12.5. The fourth-order valence-electron chi connectivity index (χ4n) is 2.32. The molecule has 0 bridgehead atoms. The highest BCUT2D eigenvalue weighted by molar-refractivity contribution is 14.1. The van der Waals surface area contributed by atoms with Crippen molar-refractivity contribution in [1.82, 2.24) is 0 Å². The highest BCUT2D eigenvalue weighted by atomic mass is 127. The number of para-hydroxylation sites is 1. The summed E-state index contributed by atoms with van der Waals surface area (Å²) in [5, 5.41) is 2.93. The van der Waals surface area contributed by atoms with Gasteiger partial charge in [-0.05, 0) is 54.6 Å². The zero-order valence-electron chi connectivity index (χ0n) is 12.9. The highest BCUT2D eigenvalue weighted by Crippen LogP contribution is 2.27. The van der Waals surface area contributed by atoms with Crippen LogP contribution in [0.4, 0.5) is 5.69 Å². The van der Waals surface area contributed by atoms with Gasteiger partial charge < -0.3 is 9.73 Å². The molecule has 116 valence electrons. The third-order valence-corrected chi connectivity index (χ3v) is 4.56. The number of amides is 1. The number of aryl methyl sites for hydroxylation is 2. The van der Waals surface area contributed by atoms with Gasteiger partial charge in [0, 0.05) is 9.13 Å². The molecule has 0 saturated carbocycles. The lowest BCUT2D eigenvalue weighted by atomic mass is 10.1. The van der Waals surface area contributed by atoms with E-state index in [0.29, 0.717) is 17.1 Å². The molecule has 0 aliphatic carbocycles. The van der Waals surface area contributed by atoms with Crippen molar-refractivity contribution in [3.8, 4) is 11.3 Å². The summed E-state index contributed by atoms with van der Waals surface area (Å²) in [6.45, 7) is 3.85. The number of halogens is 1. The molecule has 0 atom stereocenters. The van der Waals surface area contributed by atoms with E-state index < -0.39 is 0 Å². The third kappa shape index (κ3) is 3.47. The Morgan fingerprint density at radius 1 is 1.04 bits per heavy atom. The van der Waals surface area contributed by atoms with Crippen LogP contribution in [0.5, 0.6) is 0 Å². The minimum absolute atomic E-state index is 0.159. The number of carbonyl (C=O) groups is 1. The maximum Gasteiger partial charge on any atom is 0.259 e. The summed E-state index contributed by atoms with van der Waals surface area (Å²) >= 11 is 2.20. The van der Waals surface area contributed by atoms with Crippen molar-refractivity contribution < 1.29 is 9.21 Å². The maximum absolute atomic E-state index is 12.5. The van der Waals surface area contributed by atoms with Gasteiger partial charge >= 0.3 is 0 Å². The zero-order chi connectivity index (χ0) is 16.4. The van der Waals surface area contributed by atoms with E-state index in [1.54, 1.807) is 6.07 Å². The Kier molecular flexibility index (Phi) is 4.52. The highest BCUT2D eigenvalue weighted by Gasteiger charge is 2.16. The standard InChI is InChI=1S/C19H16INO2/c1-12-7-9-14(10-8-12)18-11-15(13(2)23-18)19(22)21-17-6-4-3-5-16(17)20/h3-11H,1-2H3,(H,21,22). The van der Waals surface area contributed by atoms with Crippen LogP contribution >= 0.6 is 22.6 Å². The first-order valence-electron chi connectivity index (χ1n) is 7.28. The fraction of sp³-hybridized carbons (Fsp3) is 0.105. The van der Waals surface area contributed by atoms with E-state index in [2.05, 4.69) is 27.9 Å². The van der Waals surface area contributed by atoms with Gasteiger partial charge in [0.2, 0.25) is 0 Å². The predicted molar refractivity (Wildman–Crippen MR) is 101 cm³/mol. The number of hydrogen-bond donors (Lipinski definition) is 1. The van der Waals surface area contributed by atoms with Crippen molar-refractivity contribution in [3.63, 3.8) is 0 Å². The van der Waals surface area contributed by atoms with Crippen molar-refractivity contribution in [3.05, 3.63) is 75.1 Å². The summed E-state index contributed by atoms with van der Waals surface area (Å²) in [5.74, 6) is 1.16. The van der Waals surface area contributed by atoms with E-state index in [1.807, 2.05) is 62.4 Å². The van der Waals surface area contributed by atoms with Crippen molar-refractivity contribution in [1.29, 1.82) is 0 Å². The molecule has 0 unspecified atom stereocenters. The molecule has 1 aromatic heterocycles. The quantitative estimate of drug-likeness (QED) is 0.579. The lowest BCUT2D eigenvalue weighted by molar-refractivity contribution is 0.102. The Bertz CT molecular complexity index is 850. The summed E-state index contributed by atoms with van der Waals surface area (Å²) in [6.07, 6.45) is 0. The monoisotopic (exact) mass is 417 g/mol. The fourth-order valence-corrected chi connectivity index (χ4v) is 2.84. The lowest BCUT2D eigenvalue weighted by Crippen LogP contribution is -2.12. The Labute approximate surface area is 148 Å². The molecule has 0 spiro atoms. The average molecular weight is 417 g/mol. The van der Waals surface area contributed by atoms with E-state index in [1.165, 1.54) is 5.56 Å². The van der Waals surface area contributed by atoms with E-state index in [-0.39, 0.29) is 5.91 Å². The summed E-state index contributed by atoms with van der Waals surface area (Å²) < 4.78 is 6.77. The Morgan fingerprint density at radius 3 is 2.43 bits per heavy atom. The van der Waals surface area contributed by atoms with Crippen LogP contribution in [-0.4, -0.2) is 5.91 Å². The van der Waals surface area contributed by atoms with Gasteiger partial charge in [-0.1, -0.05) is 42.0 Å². The second kappa shape index (κ2) is 6.58. The number of hydrogen-bond acceptors (Lipinski definition) is 2. The van der Waals surface area contributed by atoms with Crippen LogP contribution in [0.1, 0.15) is 21.7 Å². The Hall–Kier alpha value is -2.08. The third-order valence-electron chi connectivity index (χ3n) is 3.62. The maximum atomic E-state index is 12.5. The summed E-state index contributed by atoms with van der Waals surface area (Å²) in [6, 6.07) is 17.5. The molecule has 4 heteroatoms. The molecule has 0 aliphatic rings. The van der Waals surface area contributed by atoms with Crippen LogP contribution < -0.4 is 5.32 Å². The number of rotatable bonds is 3. The second-order valence-corrected chi connectivity index (χ2v) is 6.54. The van der Waals surface area contributed by atoms with Gasteiger partial charge in [0.05, 0.1) is 11.3 Å². The van der Waals surface area contributed by atoms with Crippen LogP contribution in [0.15, 0.2) is 59.0 Å². The van der Waals surface area contributed by atoms with Crippen LogP contribution in [0, 0.1) is 17.4 Å². The molecule has 0 fully saturated rings. The van der Waals surface area contributed by atoms with Crippen LogP contribution in [-0.2, 0) is 0 Å². The molecule has 23 heavy (non-hydrogen) atoms. The van der Waals surface area contributed by atoms with Gasteiger partial charge in [0.1, 0.15) is 11.5 Å². The van der Waals surface area contributed by atoms with E-state index >= 15 is 0 Å². The van der Waals surface area contributed by atoms with Gasteiger partial charge in [-0.25, -0.2) is 0 Å². The van der Waals surface area contributed by atoms with Crippen LogP contribution in [0.25, 0.3) is 11.3 Å². The van der Waals surface area contributed by atoms with Crippen molar-refractivity contribution in [2.75, 3.05) is 5.32 Å². The minimum Gasteiger partial charge on any atom is -0.461 e. The second-order valence-electron chi connectivity index (χ2n) is 5.38. The van der Waals surface area contributed by atoms with Crippen LogP contribution in [0.2, 0.25) is 0 Å². The minimum atomic E-state index is -0.159. The smallest absolute Gasteiger partial charge is 0.259 e. The number of nitrogens with one attached hydrogen (secondary N) is 1. The topological polar surface area (TPSA) is 42.2 Å². The first-order valence-corrected chi connectivity index (χ1v) is 8.36. The van der Waals surface area contributed by atoms with Gasteiger partial charge in [-0.3, -0.25) is 4.79 Å². The molecule has 3 aromatic rings. The molecule has 2 aromatic carbocycles. The summed E-state index contributed by atoms with van der Waals surface area (Å²) in [7, 11) is 0. The van der Waals surface area contributed by atoms with Crippen molar-refractivity contribution >= 4 is 34.2 Å². The van der Waals surface area contributed by atoms with Crippen LogP contribution in [0.3, 0.4) is 0 Å².